The number of halogens is 2. The summed E-state index contributed by atoms with van der Waals surface area (Å²) in [6.07, 6.45) is 3.42. The summed E-state index contributed by atoms with van der Waals surface area (Å²) in [5.74, 6) is -0.559. The molecule has 0 saturated carbocycles. The van der Waals surface area contributed by atoms with Gasteiger partial charge in [-0.1, -0.05) is 11.6 Å². The van der Waals surface area contributed by atoms with E-state index >= 15 is 0 Å². The van der Waals surface area contributed by atoms with Gasteiger partial charge in [0.25, 0.3) is 0 Å². The molecule has 2 aromatic heterocycles. The van der Waals surface area contributed by atoms with Crippen molar-refractivity contribution in [2.45, 2.75) is 38.8 Å². The molecule has 130 valence electrons. The lowest BCUT2D eigenvalue weighted by atomic mass is 9.99. The van der Waals surface area contributed by atoms with E-state index in [1.807, 2.05) is 6.92 Å². The first-order valence-electron chi connectivity index (χ1n) is 7.64. The van der Waals surface area contributed by atoms with Gasteiger partial charge >= 0.3 is 0 Å². The highest BCUT2D eigenvalue weighted by Gasteiger charge is 2.20. The van der Waals surface area contributed by atoms with E-state index < -0.39 is 11.4 Å². The van der Waals surface area contributed by atoms with Gasteiger partial charge in [-0.15, -0.1) is 0 Å². The first-order valence-corrected chi connectivity index (χ1v) is 8.02. The number of hydrogen-bond donors (Lipinski definition) is 3. The minimum absolute atomic E-state index is 0.0362. The molecule has 0 fully saturated rings. The van der Waals surface area contributed by atoms with E-state index in [1.54, 1.807) is 19.9 Å². The number of hydrogen-bond acceptors (Lipinski definition) is 5. The third-order valence-electron chi connectivity index (χ3n) is 3.64. The maximum Gasteiger partial charge on any atom is 0.149 e. The van der Waals surface area contributed by atoms with E-state index in [0.717, 1.165) is 0 Å². The molecule has 0 radical (unpaired) electrons. The Bertz CT molecular complexity index is 719. The normalized spacial score (nSPS) is 13.0. The fourth-order valence-electron chi connectivity index (χ4n) is 2.24. The second-order valence-electron chi connectivity index (χ2n) is 6.22. The third kappa shape index (κ3) is 4.41. The van der Waals surface area contributed by atoms with Crippen molar-refractivity contribution in [3.05, 3.63) is 41.1 Å². The lowest BCUT2D eigenvalue weighted by Gasteiger charge is -2.19. The minimum Gasteiger partial charge on any atom is -0.396 e. The van der Waals surface area contributed by atoms with Crippen molar-refractivity contribution in [1.29, 1.82) is 0 Å². The fraction of sp³-hybridized carbons (Fsp3) is 0.412. The van der Waals surface area contributed by atoms with E-state index in [9.17, 15) is 9.50 Å². The number of aliphatic hydroxyl groups is 2. The molecular formula is C17H21ClFN3O2. The number of rotatable bonds is 6. The van der Waals surface area contributed by atoms with Crippen LogP contribution in [0.5, 0.6) is 0 Å². The van der Waals surface area contributed by atoms with Gasteiger partial charge in [-0.3, -0.25) is 4.98 Å². The molecule has 3 N–H and O–H groups in total. The van der Waals surface area contributed by atoms with Gasteiger partial charge in [0.2, 0.25) is 0 Å². The van der Waals surface area contributed by atoms with Crippen LogP contribution in [0.2, 0.25) is 5.15 Å². The molecule has 0 amide bonds. The average Bonchev–Trinajstić information content (AvgIpc) is 2.47. The first kappa shape index (κ1) is 18.6. The smallest absolute Gasteiger partial charge is 0.149 e. The van der Waals surface area contributed by atoms with E-state index in [0.29, 0.717) is 23.2 Å². The van der Waals surface area contributed by atoms with Crippen LogP contribution >= 0.6 is 11.6 Å². The highest BCUT2D eigenvalue weighted by atomic mass is 35.5. The zero-order chi connectivity index (χ0) is 17.9. The molecule has 2 heterocycles. The van der Waals surface area contributed by atoms with Gasteiger partial charge < -0.3 is 15.5 Å². The Labute approximate surface area is 145 Å². The maximum absolute atomic E-state index is 14.5. The summed E-state index contributed by atoms with van der Waals surface area (Å²) in [6.45, 7) is 5.07. The summed E-state index contributed by atoms with van der Waals surface area (Å²) < 4.78 is 14.5. The molecule has 1 atom stereocenters. The van der Waals surface area contributed by atoms with Crippen molar-refractivity contribution in [2.75, 3.05) is 11.9 Å². The largest absolute Gasteiger partial charge is 0.396 e. The second kappa shape index (κ2) is 7.42. The van der Waals surface area contributed by atoms with Gasteiger partial charge in [-0.2, -0.15) is 0 Å². The van der Waals surface area contributed by atoms with Crippen molar-refractivity contribution in [3.63, 3.8) is 0 Å². The number of pyridine rings is 2. The lowest BCUT2D eigenvalue weighted by molar-refractivity contribution is 0.0778. The number of nitrogens with one attached hydrogen (secondary N) is 1. The van der Waals surface area contributed by atoms with Crippen LogP contribution in [0.1, 0.15) is 32.8 Å². The number of anilines is 1. The van der Waals surface area contributed by atoms with E-state index in [-0.39, 0.29) is 23.5 Å². The molecule has 7 heteroatoms. The van der Waals surface area contributed by atoms with Crippen LogP contribution in [-0.4, -0.2) is 32.8 Å². The monoisotopic (exact) mass is 353 g/mol. The van der Waals surface area contributed by atoms with Crippen molar-refractivity contribution < 1.29 is 14.6 Å². The van der Waals surface area contributed by atoms with Gasteiger partial charge in [-0.05, 0) is 39.3 Å². The Kier molecular flexibility index (Phi) is 5.74. The molecule has 0 aliphatic heterocycles. The van der Waals surface area contributed by atoms with E-state index in [4.69, 9.17) is 16.7 Å². The third-order valence-corrected chi connectivity index (χ3v) is 3.84. The van der Waals surface area contributed by atoms with Crippen molar-refractivity contribution >= 4 is 17.3 Å². The lowest BCUT2D eigenvalue weighted by Crippen LogP contribution is -2.18. The Hall–Kier alpha value is -1.76. The Balaban J connectivity index is 2.45. The van der Waals surface area contributed by atoms with Gasteiger partial charge in [0.05, 0.1) is 5.60 Å². The Morgan fingerprint density at radius 1 is 1.29 bits per heavy atom. The van der Waals surface area contributed by atoms with Crippen LogP contribution in [0.4, 0.5) is 10.1 Å². The topological polar surface area (TPSA) is 78.3 Å². The van der Waals surface area contributed by atoms with E-state index in [1.165, 1.54) is 18.5 Å². The number of aromatic nitrogens is 2. The van der Waals surface area contributed by atoms with Crippen LogP contribution in [0.15, 0.2) is 24.5 Å². The van der Waals surface area contributed by atoms with Crippen molar-refractivity contribution in [3.8, 4) is 11.3 Å². The number of nitrogens with zero attached hydrogens (tertiary/aromatic N) is 2. The second-order valence-corrected chi connectivity index (χ2v) is 6.61. The van der Waals surface area contributed by atoms with Gasteiger partial charge in [0.15, 0.2) is 0 Å². The fourth-order valence-corrected chi connectivity index (χ4v) is 2.40. The SMILES string of the molecule is C[C@@H](CCO)Nc1cc(Cl)ncc1-c1ncc(C(C)(C)O)cc1F. The van der Waals surface area contributed by atoms with Crippen LogP contribution in [-0.2, 0) is 5.60 Å². The summed E-state index contributed by atoms with van der Waals surface area (Å²) in [7, 11) is 0. The first-order chi connectivity index (χ1) is 11.2. The van der Waals surface area contributed by atoms with Crippen molar-refractivity contribution in [2.24, 2.45) is 0 Å². The molecular weight excluding hydrogens is 333 g/mol. The van der Waals surface area contributed by atoms with Crippen molar-refractivity contribution in [1.82, 2.24) is 9.97 Å². The molecule has 0 aliphatic rings. The van der Waals surface area contributed by atoms with Crippen LogP contribution in [0.25, 0.3) is 11.3 Å². The van der Waals surface area contributed by atoms with Crippen LogP contribution in [0.3, 0.4) is 0 Å². The zero-order valence-electron chi connectivity index (χ0n) is 13.8. The molecule has 0 bridgehead atoms. The summed E-state index contributed by atoms with van der Waals surface area (Å²) in [5.41, 5.74) is 0.364. The van der Waals surface area contributed by atoms with E-state index in [2.05, 4.69) is 15.3 Å². The predicted molar refractivity (Wildman–Crippen MR) is 92.5 cm³/mol. The maximum atomic E-state index is 14.5. The molecule has 5 nitrogen and oxygen atoms in total. The zero-order valence-corrected chi connectivity index (χ0v) is 14.6. The Morgan fingerprint density at radius 3 is 2.58 bits per heavy atom. The average molecular weight is 354 g/mol. The van der Waals surface area contributed by atoms with Crippen LogP contribution in [0, 0.1) is 5.82 Å². The molecule has 0 saturated heterocycles. The molecule has 0 aromatic carbocycles. The highest BCUT2D eigenvalue weighted by molar-refractivity contribution is 6.29. The Morgan fingerprint density at radius 2 is 2.00 bits per heavy atom. The van der Waals surface area contributed by atoms with Gasteiger partial charge in [0, 0.05) is 41.9 Å². The highest BCUT2D eigenvalue weighted by Crippen LogP contribution is 2.32. The molecule has 24 heavy (non-hydrogen) atoms. The minimum atomic E-state index is -1.18. The predicted octanol–water partition coefficient (Wildman–Crippen LogP) is 3.35. The molecule has 2 aromatic rings. The molecule has 2 rings (SSSR count). The molecule has 0 spiro atoms. The molecule has 0 unspecified atom stereocenters. The van der Waals surface area contributed by atoms with Crippen LogP contribution < -0.4 is 5.32 Å². The summed E-state index contributed by atoms with van der Waals surface area (Å²) in [5, 5.41) is 22.5. The quantitative estimate of drug-likeness (QED) is 0.694. The number of aliphatic hydroxyl groups excluding tert-OH is 1. The summed E-state index contributed by atoms with van der Waals surface area (Å²) in [6, 6.07) is 2.82. The summed E-state index contributed by atoms with van der Waals surface area (Å²) in [4.78, 5) is 8.15. The molecule has 0 aliphatic carbocycles. The van der Waals surface area contributed by atoms with Gasteiger partial charge in [0.1, 0.15) is 16.7 Å². The van der Waals surface area contributed by atoms with Gasteiger partial charge in [-0.25, -0.2) is 9.37 Å². The standard InChI is InChI=1S/C17H21ClFN3O2/c1-10(4-5-23)22-14-7-15(18)20-9-12(14)16-13(19)6-11(8-21-16)17(2,3)24/h6-10,23-24H,4-5H2,1-3H3,(H,20,22)/t10-/m0/s1. The summed E-state index contributed by atoms with van der Waals surface area (Å²) >= 11 is 5.94.